The lowest BCUT2D eigenvalue weighted by Crippen LogP contribution is -1.87. The van der Waals surface area contributed by atoms with E-state index in [1.165, 1.54) is 0 Å². The van der Waals surface area contributed by atoms with Crippen LogP contribution in [0.15, 0.2) is 102 Å². The van der Waals surface area contributed by atoms with Crippen LogP contribution in [0.5, 0.6) is 5.75 Å². The van der Waals surface area contributed by atoms with Gasteiger partial charge in [0.1, 0.15) is 5.75 Å². The molecule has 27 heavy (non-hydrogen) atoms. The zero-order valence-corrected chi connectivity index (χ0v) is 14.7. The van der Waals surface area contributed by atoms with Gasteiger partial charge in [0.25, 0.3) is 0 Å². The number of benzene rings is 3. The molecule has 0 bridgehead atoms. The van der Waals surface area contributed by atoms with Crippen molar-refractivity contribution in [3.8, 4) is 28.0 Å². The van der Waals surface area contributed by atoms with Gasteiger partial charge in [0.05, 0.1) is 17.6 Å². The first kappa shape index (κ1) is 16.7. The lowest BCUT2D eigenvalue weighted by atomic mass is 9.96. The molecule has 0 unspecified atom stereocenters. The van der Waals surface area contributed by atoms with E-state index < -0.39 is 0 Å². The molecule has 130 valence electrons. The molecule has 0 aliphatic carbocycles. The fourth-order valence-electron chi connectivity index (χ4n) is 2.96. The minimum Gasteiger partial charge on any atom is -0.507 e. The van der Waals surface area contributed by atoms with Crippen LogP contribution in [0.4, 0.5) is 5.69 Å². The topological polar surface area (TPSA) is 45.5 Å². The molecule has 3 heteroatoms. The molecule has 0 radical (unpaired) electrons. The number of pyridine rings is 1. The lowest BCUT2D eigenvalue weighted by molar-refractivity contribution is 0.479. The van der Waals surface area contributed by atoms with Crippen molar-refractivity contribution in [2.45, 2.75) is 0 Å². The molecular weight excluding hydrogens is 332 g/mol. The first-order valence-electron chi connectivity index (χ1n) is 8.74. The number of aromatic hydroxyl groups is 1. The molecule has 1 heterocycles. The fourth-order valence-corrected chi connectivity index (χ4v) is 2.96. The first-order valence-corrected chi connectivity index (χ1v) is 8.74. The zero-order valence-electron chi connectivity index (χ0n) is 14.7. The number of nitrogens with zero attached hydrogens (tertiary/aromatic N) is 2. The zero-order chi connectivity index (χ0) is 18.5. The molecule has 4 aromatic rings. The molecule has 0 aliphatic heterocycles. The summed E-state index contributed by atoms with van der Waals surface area (Å²) in [5, 5.41) is 10.9. The number of aromatic nitrogens is 1. The van der Waals surface area contributed by atoms with E-state index in [4.69, 9.17) is 0 Å². The minimum atomic E-state index is 0.254. The summed E-state index contributed by atoms with van der Waals surface area (Å²) in [6.45, 7) is 0. The molecule has 0 saturated carbocycles. The van der Waals surface area contributed by atoms with Crippen LogP contribution in [0.25, 0.3) is 22.3 Å². The Balaban J connectivity index is 1.85. The van der Waals surface area contributed by atoms with Gasteiger partial charge in [0, 0.05) is 17.3 Å². The summed E-state index contributed by atoms with van der Waals surface area (Å²) in [6, 6.07) is 29.2. The Morgan fingerprint density at radius 2 is 1.26 bits per heavy atom. The van der Waals surface area contributed by atoms with E-state index in [2.05, 4.69) is 9.98 Å². The van der Waals surface area contributed by atoms with E-state index >= 15 is 0 Å². The van der Waals surface area contributed by atoms with Crippen LogP contribution >= 0.6 is 0 Å². The molecule has 4 rings (SSSR count). The van der Waals surface area contributed by atoms with Gasteiger partial charge in [-0.1, -0.05) is 66.7 Å². The van der Waals surface area contributed by atoms with Crippen molar-refractivity contribution in [1.29, 1.82) is 0 Å². The van der Waals surface area contributed by atoms with Gasteiger partial charge in [-0.05, 0) is 35.4 Å². The van der Waals surface area contributed by atoms with Crippen molar-refractivity contribution in [3.05, 3.63) is 103 Å². The normalized spacial score (nSPS) is 11.0. The predicted octanol–water partition coefficient (Wildman–Crippen LogP) is 5.87. The van der Waals surface area contributed by atoms with Gasteiger partial charge < -0.3 is 5.11 Å². The maximum atomic E-state index is 10.9. The largest absolute Gasteiger partial charge is 0.507 e. The fraction of sp³-hybridized carbons (Fsp3) is 0. The molecule has 0 saturated heterocycles. The maximum absolute atomic E-state index is 10.9. The lowest BCUT2D eigenvalue weighted by Gasteiger charge is -2.12. The van der Waals surface area contributed by atoms with Crippen molar-refractivity contribution in [3.63, 3.8) is 0 Å². The molecule has 0 atom stereocenters. The van der Waals surface area contributed by atoms with Crippen molar-refractivity contribution in [2.24, 2.45) is 4.99 Å². The third kappa shape index (κ3) is 3.77. The summed E-state index contributed by atoms with van der Waals surface area (Å²) < 4.78 is 0. The van der Waals surface area contributed by atoms with E-state index in [0.717, 1.165) is 33.6 Å². The quantitative estimate of drug-likeness (QED) is 0.468. The Kier molecular flexibility index (Phi) is 4.75. The monoisotopic (exact) mass is 350 g/mol. The predicted molar refractivity (Wildman–Crippen MR) is 110 cm³/mol. The average Bonchev–Trinajstić information content (AvgIpc) is 2.75. The van der Waals surface area contributed by atoms with Crippen LogP contribution in [-0.4, -0.2) is 16.3 Å². The molecule has 0 spiro atoms. The third-order valence-corrected chi connectivity index (χ3v) is 4.30. The molecule has 1 aromatic heterocycles. The van der Waals surface area contributed by atoms with Crippen molar-refractivity contribution in [2.75, 3.05) is 0 Å². The number of rotatable bonds is 4. The summed E-state index contributed by atoms with van der Waals surface area (Å²) >= 11 is 0. The van der Waals surface area contributed by atoms with E-state index in [1.807, 2.05) is 91.0 Å². The Bertz CT molecular complexity index is 999. The Morgan fingerprint density at radius 1 is 0.704 bits per heavy atom. The third-order valence-electron chi connectivity index (χ3n) is 4.30. The number of hydrogen-bond donors (Lipinski definition) is 1. The smallest absolute Gasteiger partial charge is 0.131 e. The molecule has 1 N–H and O–H groups in total. The van der Waals surface area contributed by atoms with Crippen LogP contribution in [0.1, 0.15) is 5.69 Å². The molecular formula is C24H18N2O. The summed E-state index contributed by atoms with van der Waals surface area (Å²) in [5.74, 6) is 0.254. The summed E-state index contributed by atoms with van der Waals surface area (Å²) in [4.78, 5) is 8.87. The highest BCUT2D eigenvalue weighted by Gasteiger charge is 2.13. The standard InChI is InChI=1S/C24H18N2O/c27-24-22(18-9-3-1-4-10-18)15-21(26-17-20-13-7-8-14-25-20)16-23(24)19-11-5-2-6-12-19/h1-17,27H. The molecule has 0 fully saturated rings. The highest BCUT2D eigenvalue weighted by molar-refractivity contribution is 5.87. The van der Waals surface area contributed by atoms with Crippen LogP contribution in [0.3, 0.4) is 0 Å². The van der Waals surface area contributed by atoms with E-state index in [1.54, 1.807) is 12.4 Å². The highest BCUT2D eigenvalue weighted by Crippen LogP contribution is 2.41. The Hall–Kier alpha value is -3.72. The second-order valence-corrected chi connectivity index (χ2v) is 6.13. The van der Waals surface area contributed by atoms with Crippen LogP contribution in [0.2, 0.25) is 0 Å². The van der Waals surface area contributed by atoms with Gasteiger partial charge >= 0.3 is 0 Å². The summed E-state index contributed by atoms with van der Waals surface area (Å²) in [5.41, 5.74) is 4.95. The van der Waals surface area contributed by atoms with E-state index in [0.29, 0.717) is 0 Å². The van der Waals surface area contributed by atoms with Gasteiger partial charge in [-0.15, -0.1) is 0 Å². The van der Waals surface area contributed by atoms with E-state index in [-0.39, 0.29) is 5.75 Å². The molecule has 0 amide bonds. The first-order chi connectivity index (χ1) is 13.3. The highest BCUT2D eigenvalue weighted by atomic mass is 16.3. The number of phenols is 1. The van der Waals surface area contributed by atoms with E-state index in [9.17, 15) is 5.11 Å². The van der Waals surface area contributed by atoms with Gasteiger partial charge in [-0.2, -0.15) is 0 Å². The molecule has 0 aliphatic rings. The number of phenolic OH excluding ortho intramolecular Hbond substituents is 1. The van der Waals surface area contributed by atoms with Gasteiger partial charge in [0.2, 0.25) is 0 Å². The number of aliphatic imine (C=N–C) groups is 1. The molecule has 3 aromatic carbocycles. The average molecular weight is 350 g/mol. The number of hydrogen-bond acceptors (Lipinski definition) is 3. The maximum Gasteiger partial charge on any atom is 0.131 e. The van der Waals surface area contributed by atoms with Gasteiger partial charge in [-0.3, -0.25) is 9.98 Å². The van der Waals surface area contributed by atoms with Crippen molar-refractivity contribution >= 4 is 11.9 Å². The van der Waals surface area contributed by atoms with Crippen molar-refractivity contribution < 1.29 is 5.11 Å². The van der Waals surface area contributed by atoms with Crippen molar-refractivity contribution in [1.82, 2.24) is 4.98 Å². The SMILES string of the molecule is Oc1c(-c2ccccc2)cc(N=Cc2ccccn2)cc1-c1ccccc1. The summed E-state index contributed by atoms with van der Waals surface area (Å²) in [6.07, 6.45) is 3.47. The summed E-state index contributed by atoms with van der Waals surface area (Å²) in [7, 11) is 0. The molecule has 3 nitrogen and oxygen atoms in total. The second kappa shape index (κ2) is 7.67. The minimum absolute atomic E-state index is 0.254. The Morgan fingerprint density at radius 3 is 1.78 bits per heavy atom. The van der Waals surface area contributed by atoms with Crippen LogP contribution in [-0.2, 0) is 0 Å². The van der Waals surface area contributed by atoms with Crippen LogP contribution in [0, 0.1) is 0 Å². The second-order valence-electron chi connectivity index (χ2n) is 6.13. The Labute approximate surface area is 158 Å². The van der Waals surface area contributed by atoms with Gasteiger partial charge in [0.15, 0.2) is 0 Å². The van der Waals surface area contributed by atoms with Gasteiger partial charge in [-0.25, -0.2) is 0 Å². The van der Waals surface area contributed by atoms with Crippen LogP contribution < -0.4 is 0 Å².